The number of anilines is 1. The van der Waals surface area contributed by atoms with Crippen LogP contribution < -0.4 is 10.6 Å². The summed E-state index contributed by atoms with van der Waals surface area (Å²) in [6, 6.07) is 11.8. The van der Waals surface area contributed by atoms with Gasteiger partial charge in [-0.25, -0.2) is 4.39 Å². The Labute approximate surface area is 157 Å². The zero-order chi connectivity index (χ0) is 19.2. The molecule has 3 aromatic rings. The number of carbonyl (C=O) groups excluding carboxylic acids is 2. The van der Waals surface area contributed by atoms with Gasteiger partial charge in [-0.05, 0) is 47.9 Å². The summed E-state index contributed by atoms with van der Waals surface area (Å²) in [5.41, 5.74) is 3.24. The fourth-order valence-electron chi connectivity index (χ4n) is 2.89. The van der Waals surface area contributed by atoms with Crippen LogP contribution in [-0.2, 0) is 22.6 Å². The molecule has 27 heavy (non-hydrogen) atoms. The van der Waals surface area contributed by atoms with E-state index >= 15 is 0 Å². The molecular weight excluding hydrogens is 345 g/mol. The van der Waals surface area contributed by atoms with Crippen LogP contribution in [0.25, 0.3) is 10.9 Å². The van der Waals surface area contributed by atoms with E-state index in [0.29, 0.717) is 13.0 Å². The molecule has 140 valence electrons. The zero-order valence-corrected chi connectivity index (χ0v) is 15.1. The zero-order valence-electron chi connectivity index (χ0n) is 15.1. The van der Waals surface area contributed by atoms with Gasteiger partial charge in [0.1, 0.15) is 5.82 Å². The smallest absolute Gasteiger partial charge is 0.224 e. The van der Waals surface area contributed by atoms with Crippen LogP contribution in [0.2, 0.25) is 0 Å². The minimum atomic E-state index is -0.324. The van der Waals surface area contributed by atoms with Gasteiger partial charge in [-0.3, -0.25) is 9.59 Å². The van der Waals surface area contributed by atoms with E-state index in [1.165, 1.54) is 12.1 Å². The first-order chi connectivity index (χ1) is 13.0. The fourth-order valence-corrected chi connectivity index (χ4v) is 2.89. The average molecular weight is 367 g/mol. The van der Waals surface area contributed by atoms with E-state index in [0.717, 1.165) is 34.1 Å². The van der Waals surface area contributed by atoms with Gasteiger partial charge in [0.2, 0.25) is 11.8 Å². The topological polar surface area (TPSA) is 74.0 Å². The van der Waals surface area contributed by atoms with Gasteiger partial charge in [-0.2, -0.15) is 0 Å². The van der Waals surface area contributed by atoms with Crippen molar-refractivity contribution in [2.45, 2.75) is 32.7 Å². The second kappa shape index (κ2) is 8.49. The Morgan fingerprint density at radius 3 is 2.59 bits per heavy atom. The summed E-state index contributed by atoms with van der Waals surface area (Å²) in [4.78, 5) is 26.8. The van der Waals surface area contributed by atoms with Crippen molar-refractivity contribution in [1.82, 2.24) is 10.3 Å². The largest absolute Gasteiger partial charge is 0.361 e. The lowest BCUT2D eigenvalue weighted by Crippen LogP contribution is -2.24. The molecule has 0 unspecified atom stereocenters. The van der Waals surface area contributed by atoms with Crippen molar-refractivity contribution in [3.05, 3.63) is 65.6 Å². The third kappa shape index (κ3) is 4.94. The van der Waals surface area contributed by atoms with Crippen LogP contribution in [0.15, 0.2) is 48.7 Å². The monoisotopic (exact) mass is 367 g/mol. The number of aromatic nitrogens is 1. The van der Waals surface area contributed by atoms with Gasteiger partial charge in [0.15, 0.2) is 0 Å². The summed E-state index contributed by atoms with van der Waals surface area (Å²) < 4.78 is 13.4. The minimum absolute atomic E-state index is 0.00582. The first kappa shape index (κ1) is 18.6. The first-order valence-electron chi connectivity index (χ1n) is 8.96. The third-order valence-electron chi connectivity index (χ3n) is 4.28. The Balaban J connectivity index is 1.54. The predicted molar refractivity (Wildman–Crippen MR) is 104 cm³/mol. The molecular formula is C21H22FN3O2. The van der Waals surface area contributed by atoms with Crippen molar-refractivity contribution in [2.24, 2.45) is 0 Å². The maximum absolute atomic E-state index is 13.4. The van der Waals surface area contributed by atoms with Crippen molar-refractivity contribution in [1.29, 1.82) is 0 Å². The highest BCUT2D eigenvalue weighted by atomic mass is 19.1. The molecule has 1 aromatic heterocycles. The highest BCUT2D eigenvalue weighted by Crippen LogP contribution is 2.20. The molecule has 1 heterocycles. The molecule has 0 aliphatic rings. The van der Waals surface area contributed by atoms with E-state index in [4.69, 9.17) is 0 Å². The highest BCUT2D eigenvalue weighted by Gasteiger charge is 2.10. The SMILES string of the molecule is CCCC(=O)Nc1ccc(CNC(=O)Cc2c[nH]c3ccc(F)cc23)cc1. The second-order valence-corrected chi connectivity index (χ2v) is 6.45. The van der Waals surface area contributed by atoms with Crippen LogP contribution in [-0.4, -0.2) is 16.8 Å². The van der Waals surface area contributed by atoms with Crippen molar-refractivity contribution in [3.8, 4) is 0 Å². The first-order valence-corrected chi connectivity index (χ1v) is 8.96. The fraction of sp³-hybridized carbons (Fsp3) is 0.238. The standard InChI is InChI=1S/C21H22FN3O2/c1-2-3-20(26)25-17-7-4-14(5-8-17)12-24-21(27)10-15-13-23-19-9-6-16(22)11-18(15)19/h4-9,11,13,23H,2-3,10,12H2,1H3,(H,24,27)(H,25,26). The summed E-state index contributed by atoms with van der Waals surface area (Å²) >= 11 is 0. The number of amides is 2. The number of rotatable bonds is 7. The van der Waals surface area contributed by atoms with E-state index in [9.17, 15) is 14.0 Å². The number of benzene rings is 2. The Kier molecular flexibility index (Phi) is 5.86. The molecule has 0 bridgehead atoms. The van der Waals surface area contributed by atoms with Crippen LogP contribution in [0.4, 0.5) is 10.1 Å². The Morgan fingerprint density at radius 1 is 1.07 bits per heavy atom. The molecule has 3 rings (SSSR count). The molecule has 0 radical (unpaired) electrons. The van der Waals surface area contributed by atoms with Gasteiger partial charge in [0, 0.05) is 35.8 Å². The number of aromatic amines is 1. The number of nitrogens with one attached hydrogen (secondary N) is 3. The molecule has 5 nitrogen and oxygen atoms in total. The summed E-state index contributed by atoms with van der Waals surface area (Å²) in [6.45, 7) is 2.34. The van der Waals surface area contributed by atoms with Crippen LogP contribution >= 0.6 is 0 Å². The van der Waals surface area contributed by atoms with Crippen molar-refractivity contribution in [2.75, 3.05) is 5.32 Å². The van der Waals surface area contributed by atoms with Crippen molar-refractivity contribution < 1.29 is 14.0 Å². The van der Waals surface area contributed by atoms with Gasteiger partial charge >= 0.3 is 0 Å². The number of fused-ring (bicyclic) bond motifs is 1. The number of hydrogen-bond acceptors (Lipinski definition) is 2. The van der Waals surface area contributed by atoms with Gasteiger partial charge in [-0.15, -0.1) is 0 Å². The number of H-pyrrole nitrogens is 1. The molecule has 0 saturated heterocycles. The number of carbonyl (C=O) groups is 2. The van der Waals surface area contributed by atoms with Crippen molar-refractivity contribution >= 4 is 28.4 Å². The van der Waals surface area contributed by atoms with E-state index in [-0.39, 0.29) is 24.1 Å². The number of halogens is 1. The molecule has 0 aliphatic carbocycles. The average Bonchev–Trinajstić information content (AvgIpc) is 3.03. The summed E-state index contributed by atoms with van der Waals surface area (Å²) in [5, 5.41) is 6.41. The van der Waals surface area contributed by atoms with Gasteiger partial charge in [0.05, 0.1) is 6.42 Å². The molecule has 6 heteroatoms. The van der Waals surface area contributed by atoms with Crippen LogP contribution in [0, 0.1) is 5.82 Å². The lowest BCUT2D eigenvalue weighted by molar-refractivity contribution is -0.120. The third-order valence-corrected chi connectivity index (χ3v) is 4.28. The lowest BCUT2D eigenvalue weighted by atomic mass is 10.1. The highest BCUT2D eigenvalue weighted by molar-refractivity contribution is 5.90. The summed E-state index contributed by atoms with van der Waals surface area (Å²) in [6.07, 6.45) is 3.21. The van der Waals surface area contributed by atoms with E-state index < -0.39 is 0 Å². The van der Waals surface area contributed by atoms with Gasteiger partial charge in [-0.1, -0.05) is 19.1 Å². The predicted octanol–water partition coefficient (Wildman–Crippen LogP) is 3.90. The van der Waals surface area contributed by atoms with E-state index in [1.807, 2.05) is 31.2 Å². The summed E-state index contributed by atoms with van der Waals surface area (Å²) in [5.74, 6) is -0.468. The molecule has 0 spiro atoms. The quantitative estimate of drug-likeness (QED) is 0.592. The van der Waals surface area contributed by atoms with Crippen LogP contribution in [0.1, 0.15) is 30.9 Å². The molecule has 2 aromatic carbocycles. The Bertz CT molecular complexity index is 948. The maximum atomic E-state index is 13.4. The molecule has 2 amide bonds. The molecule has 0 atom stereocenters. The van der Waals surface area contributed by atoms with Crippen LogP contribution in [0.3, 0.4) is 0 Å². The maximum Gasteiger partial charge on any atom is 0.224 e. The van der Waals surface area contributed by atoms with E-state index in [1.54, 1.807) is 12.3 Å². The second-order valence-electron chi connectivity index (χ2n) is 6.45. The molecule has 0 aliphatic heterocycles. The Hall–Kier alpha value is -3.15. The van der Waals surface area contributed by atoms with Gasteiger partial charge < -0.3 is 15.6 Å². The summed E-state index contributed by atoms with van der Waals surface area (Å²) in [7, 11) is 0. The van der Waals surface area contributed by atoms with Crippen molar-refractivity contribution in [3.63, 3.8) is 0 Å². The molecule has 3 N–H and O–H groups in total. The molecule has 0 saturated carbocycles. The molecule has 0 fully saturated rings. The van der Waals surface area contributed by atoms with E-state index in [2.05, 4.69) is 15.6 Å². The minimum Gasteiger partial charge on any atom is -0.361 e. The lowest BCUT2D eigenvalue weighted by Gasteiger charge is -2.08. The van der Waals surface area contributed by atoms with Gasteiger partial charge in [0.25, 0.3) is 0 Å². The number of hydrogen-bond donors (Lipinski definition) is 3. The normalized spacial score (nSPS) is 10.7. The Morgan fingerprint density at radius 2 is 1.85 bits per heavy atom. The van der Waals surface area contributed by atoms with Crippen LogP contribution in [0.5, 0.6) is 0 Å².